The summed E-state index contributed by atoms with van der Waals surface area (Å²) in [6.07, 6.45) is 2.04. The molecule has 0 aromatic carbocycles. The molecule has 6 heteroatoms. The van der Waals surface area contributed by atoms with Gasteiger partial charge in [0.25, 0.3) is 0 Å². The quantitative estimate of drug-likeness (QED) is 0.683. The van der Waals surface area contributed by atoms with Crippen LogP contribution in [0.4, 0.5) is 0 Å². The van der Waals surface area contributed by atoms with Crippen LogP contribution in [0, 0.1) is 0 Å². The lowest BCUT2D eigenvalue weighted by molar-refractivity contribution is 0.0285. The maximum atomic E-state index is 11.1. The Hall–Kier alpha value is -0.170. The molecule has 0 aromatic heterocycles. The number of rotatable bonds is 3. The summed E-state index contributed by atoms with van der Waals surface area (Å²) in [7, 11) is 0.756. The molecule has 1 fully saturated rings. The van der Waals surface area contributed by atoms with Gasteiger partial charge >= 0.3 is 0 Å². The third kappa shape index (κ3) is 3.53. The standard InChI is InChI=1S/C8H18N2O3S/c1-10(2)8-4-5-13-6-7(8)9-14(3,11)12/h7-9H,4-6H2,1-3H3. The van der Waals surface area contributed by atoms with Gasteiger partial charge in [-0.3, -0.25) is 0 Å². The van der Waals surface area contributed by atoms with Crippen LogP contribution in [0.25, 0.3) is 0 Å². The molecule has 0 spiro atoms. The number of sulfonamides is 1. The van der Waals surface area contributed by atoms with Crippen LogP contribution in [0.2, 0.25) is 0 Å². The molecule has 1 saturated heterocycles. The summed E-state index contributed by atoms with van der Waals surface area (Å²) in [5.74, 6) is 0. The van der Waals surface area contributed by atoms with Crippen LogP contribution in [0.1, 0.15) is 6.42 Å². The van der Waals surface area contributed by atoms with E-state index in [0.717, 1.165) is 6.42 Å². The van der Waals surface area contributed by atoms with E-state index in [-0.39, 0.29) is 12.1 Å². The molecule has 2 unspecified atom stereocenters. The van der Waals surface area contributed by atoms with E-state index in [4.69, 9.17) is 4.74 Å². The van der Waals surface area contributed by atoms with Crippen molar-refractivity contribution in [1.29, 1.82) is 0 Å². The largest absolute Gasteiger partial charge is 0.380 e. The van der Waals surface area contributed by atoms with E-state index in [9.17, 15) is 8.42 Å². The fourth-order valence-electron chi connectivity index (χ4n) is 1.73. The van der Waals surface area contributed by atoms with Crippen LogP contribution in [-0.2, 0) is 14.8 Å². The molecular formula is C8H18N2O3S. The number of nitrogens with zero attached hydrogens (tertiary/aromatic N) is 1. The van der Waals surface area contributed by atoms with E-state index in [1.165, 1.54) is 6.26 Å². The summed E-state index contributed by atoms with van der Waals surface area (Å²) in [5.41, 5.74) is 0. The minimum Gasteiger partial charge on any atom is -0.380 e. The molecule has 5 nitrogen and oxygen atoms in total. The predicted octanol–water partition coefficient (Wildman–Crippen LogP) is -0.745. The summed E-state index contributed by atoms with van der Waals surface area (Å²) in [5, 5.41) is 0. The Morgan fingerprint density at radius 3 is 2.57 bits per heavy atom. The molecule has 0 bridgehead atoms. The van der Waals surface area contributed by atoms with Gasteiger partial charge in [0.1, 0.15) is 0 Å². The molecule has 1 heterocycles. The second-order valence-corrected chi connectivity index (χ2v) is 5.67. The van der Waals surface area contributed by atoms with Crippen molar-refractivity contribution in [3.63, 3.8) is 0 Å². The van der Waals surface area contributed by atoms with Gasteiger partial charge in [0, 0.05) is 12.6 Å². The molecule has 1 aliphatic heterocycles. The summed E-state index contributed by atoms with van der Waals surface area (Å²) in [6.45, 7) is 1.15. The first-order valence-electron chi connectivity index (χ1n) is 4.61. The van der Waals surface area contributed by atoms with Crippen molar-refractivity contribution in [3.05, 3.63) is 0 Å². The Balaban J connectivity index is 2.63. The first-order chi connectivity index (χ1) is 6.40. The maximum absolute atomic E-state index is 11.1. The second kappa shape index (κ2) is 4.57. The van der Waals surface area contributed by atoms with E-state index < -0.39 is 10.0 Å². The average Bonchev–Trinajstić information content (AvgIpc) is 2.01. The lowest BCUT2D eigenvalue weighted by Gasteiger charge is -2.35. The van der Waals surface area contributed by atoms with Gasteiger partial charge in [-0.2, -0.15) is 0 Å². The first kappa shape index (κ1) is 11.9. The Labute approximate surface area is 85.5 Å². The molecule has 14 heavy (non-hydrogen) atoms. The van der Waals surface area contributed by atoms with Crippen LogP contribution in [-0.4, -0.2) is 59.0 Å². The van der Waals surface area contributed by atoms with E-state index in [0.29, 0.717) is 13.2 Å². The summed E-state index contributed by atoms with van der Waals surface area (Å²) in [6, 6.07) is 0.0900. The minimum absolute atomic E-state index is 0.131. The van der Waals surface area contributed by atoms with Gasteiger partial charge in [-0.25, -0.2) is 13.1 Å². The third-order valence-corrected chi connectivity index (χ3v) is 3.08. The molecular weight excluding hydrogens is 204 g/mol. The highest BCUT2D eigenvalue weighted by molar-refractivity contribution is 7.88. The summed E-state index contributed by atoms with van der Waals surface area (Å²) in [4.78, 5) is 2.03. The van der Waals surface area contributed by atoms with Crippen molar-refractivity contribution in [3.8, 4) is 0 Å². The smallest absolute Gasteiger partial charge is 0.209 e. The highest BCUT2D eigenvalue weighted by Crippen LogP contribution is 2.12. The number of nitrogens with one attached hydrogen (secondary N) is 1. The molecule has 1 aliphatic rings. The van der Waals surface area contributed by atoms with Gasteiger partial charge in [-0.1, -0.05) is 0 Å². The molecule has 2 atom stereocenters. The average molecular weight is 222 g/mol. The lowest BCUT2D eigenvalue weighted by atomic mass is 10.0. The van der Waals surface area contributed by atoms with Crippen LogP contribution in [0.15, 0.2) is 0 Å². The Kier molecular flexibility index (Phi) is 3.88. The second-order valence-electron chi connectivity index (χ2n) is 3.89. The van der Waals surface area contributed by atoms with Crippen LogP contribution < -0.4 is 4.72 Å². The molecule has 0 aromatic rings. The topological polar surface area (TPSA) is 58.6 Å². The Morgan fingerprint density at radius 1 is 1.43 bits per heavy atom. The molecule has 0 radical (unpaired) electrons. The predicted molar refractivity (Wildman–Crippen MR) is 54.7 cm³/mol. The summed E-state index contributed by atoms with van der Waals surface area (Å²) >= 11 is 0. The number of hydrogen-bond donors (Lipinski definition) is 1. The van der Waals surface area contributed by atoms with Gasteiger partial charge in [0.2, 0.25) is 10.0 Å². The van der Waals surface area contributed by atoms with Gasteiger partial charge in [-0.05, 0) is 20.5 Å². The normalized spacial score (nSPS) is 29.4. The number of hydrogen-bond acceptors (Lipinski definition) is 4. The van der Waals surface area contributed by atoms with Gasteiger partial charge in [-0.15, -0.1) is 0 Å². The highest BCUT2D eigenvalue weighted by atomic mass is 32.2. The van der Waals surface area contributed by atoms with Crippen molar-refractivity contribution in [2.24, 2.45) is 0 Å². The van der Waals surface area contributed by atoms with Crippen molar-refractivity contribution >= 4 is 10.0 Å². The molecule has 0 saturated carbocycles. The zero-order chi connectivity index (χ0) is 10.8. The number of likely N-dealkylation sites (N-methyl/N-ethyl adjacent to an activating group) is 1. The fourth-order valence-corrected chi connectivity index (χ4v) is 2.51. The van der Waals surface area contributed by atoms with Crippen molar-refractivity contribution < 1.29 is 13.2 Å². The van der Waals surface area contributed by atoms with Crippen LogP contribution in [0.3, 0.4) is 0 Å². The fraction of sp³-hybridized carbons (Fsp3) is 1.00. The van der Waals surface area contributed by atoms with Crippen molar-refractivity contribution in [2.45, 2.75) is 18.5 Å². The monoisotopic (exact) mass is 222 g/mol. The molecule has 1 N–H and O–H groups in total. The van der Waals surface area contributed by atoms with Gasteiger partial charge < -0.3 is 9.64 Å². The SMILES string of the molecule is CN(C)C1CCOCC1NS(C)(=O)=O. The molecule has 0 aliphatic carbocycles. The van der Waals surface area contributed by atoms with E-state index in [2.05, 4.69) is 4.72 Å². The molecule has 84 valence electrons. The zero-order valence-electron chi connectivity index (χ0n) is 8.86. The molecule has 1 rings (SSSR count). The molecule has 0 amide bonds. The van der Waals surface area contributed by atoms with E-state index >= 15 is 0 Å². The highest BCUT2D eigenvalue weighted by Gasteiger charge is 2.29. The lowest BCUT2D eigenvalue weighted by Crippen LogP contribution is -2.54. The first-order valence-corrected chi connectivity index (χ1v) is 6.51. The number of ether oxygens (including phenoxy) is 1. The van der Waals surface area contributed by atoms with E-state index in [1.54, 1.807) is 0 Å². The Morgan fingerprint density at radius 2 is 2.07 bits per heavy atom. The maximum Gasteiger partial charge on any atom is 0.209 e. The third-order valence-electron chi connectivity index (χ3n) is 2.35. The summed E-state index contributed by atoms with van der Waals surface area (Å²) < 4.78 is 30.0. The zero-order valence-corrected chi connectivity index (χ0v) is 9.67. The van der Waals surface area contributed by atoms with Crippen molar-refractivity contribution in [2.75, 3.05) is 33.6 Å². The van der Waals surface area contributed by atoms with Gasteiger partial charge in [0.05, 0.1) is 18.9 Å². The van der Waals surface area contributed by atoms with Crippen LogP contribution in [0.5, 0.6) is 0 Å². The van der Waals surface area contributed by atoms with E-state index in [1.807, 2.05) is 19.0 Å². The Bertz CT molecular complexity index is 276. The van der Waals surface area contributed by atoms with Crippen LogP contribution >= 0.6 is 0 Å². The van der Waals surface area contributed by atoms with Gasteiger partial charge in [0.15, 0.2) is 0 Å². The minimum atomic E-state index is -3.15. The van der Waals surface area contributed by atoms with Crippen molar-refractivity contribution in [1.82, 2.24) is 9.62 Å².